The average Bonchev–Trinajstić information content (AvgIpc) is 1.52. The second-order valence-corrected chi connectivity index (χ2v) is 28.0. The first kappa shape index (κ1) is 54.9. The minimum atomic E-state index is -5.15. The Bertz CT molecular complexity index is 4130. The molecule has 8 bridgehead atoms. The van der Waals surface area contributed by atoms with E-state index in [9.17, 15) is 0 Å². The van der Waals surface area contributed by atoms with Crippen molar-refractivity contribution in [1.29, 1.82) is 0 Å². The van der Waals surface area contributed by atoms with Crippen LogP contribution in [-0.4, -0.2) is 45.6 Å². The second-order valence-electron chi connectivity index (χ2n) is 22.8. The van der Waals surface area contributed by atoms with Crippen LogP contribution in [0.25, 0.3) is 89.7 Å². The summed E-state index contributed by atoms with van der Waals surface area (Å²) in [6.45, 7) is 2.29. The number of para-hydroxylation sites is 4. The maximum atomic E-state index is 5.76. The second kappa shape index (κ2) is 23.7. The van der Waals surface area contributed by atoms with E-state index in [0.717, 1.165) is 90.7 Å². The van der Waals surface area contributed by atoms with Gasteiger partial charge >= 0.3 is 0 Å². The molecule has 0 radical (unpaired) electrons. The quantitative estimate of drug-likeness (QED) is 0.0322. The number of anilines is 4. The first-order chi connectivity index (χ1) is 41.9. The normalized spacial score (nSPS) is 12.7. The summed E-state index contributed by atoms with van der Waals surface area (Å²) >= 11 is 0. The molecule has 12 nitrogen and oxygen atoms in total. The first-order valence-corrected chi connectivity index (χ1v) is 33.2. The predicted molar refractivity (Wildman–Crippen MR) is 357 cm³/mol. The van der Waals surface area contributed by atoms with E-state index in [4.69, 9.17) is 29.9 Å². The number of fused-ring (bicyclic) bond motifs is 20. The number of hydrogen-bond acceptors (Lipinski definition) is 10. The van der Waals surface area contributed by atoms with Gasteiger partial charge in [-0.25, -0.2) is 29.9 Å². The largest absolute Gasteiger partial charge is 0.324 e. The Morgan fingerprint density at radius 2 is 0.600 bits per heavy atom. The third-order valence-electron chi connectivity index (χ3n) is 16.8. The molecule has 0 amide bonds. The fourth-order valence-electron chi connectivity index (χ4n) is 12.8. The summed E-state index contributed by atoms with van der Waals surface area (Å²) in [5, 5.41) is 3.52. The van der Waals surface area contributed by atoms with Gasteiger partial charge in [0.05, 0.1) is 4.90 Å². The summed E-state index contributed by atoms with van der Waals surface area (Å²) in [7, 11) is -5.15. The molecule has 0 spiro atoms. The molecule has 11 aromatic rings. The highest BCUT2D eigenvalue weighted by Gasteiger charge is 2.62. The lowest BCUT2D eigenvalue weighted by Gasteiger charge is -2.82. The molecule has 13 rings (SSSR count). The molecule has 3 aromatic heterocycles. The zero-order chi connectivity index (χ0) is 57.4. The third kappa shape index (κ3) is 10.8. The lowest BCUT2D eigenvalue weighted by atomic mass is 10.0. The first-order valence-electron chi connectivity index (χ1n) is 30.6. The number of nitrogens with zero attached hydrogens (tertiary/aromatic N) is 6. The molecule has 0 saturated carbocycles. The van der Waals surface area contributed by atoms with E-state index in [1.54, 1.807) is 0 Å². The molecule has 0 atom stereocenters. The van der Waals surface area contributed by atoms with Gasteiger partial charge in [0.25, 0.3) is 0 Å². The molecule has 85 heavy (non-hydrogen) atoms. The molecule has 2 aliphatic heterocycles. The Morgan fingerprint density at radius 1 is 0.294 bits per heavy atom. The fourth-order valence-corrected chi connectivity index (χ4v) is 19.4. The fraction of sp³-hybridized carbons (Fsp3) is 0.222. The Balaban J connectivity index is 1.10. The number of aromatic nitrogens is 8. The van der Waals surface area contributed by atoms with Crippen molar-refractivity contribution >= 4 is 75.9 Å². The number of rotatable bonds is 24. The van der Waals surface area contributed by atoms with Crippen molar-refractivity contribution in [3.63, 3.8) is 0 Å². The van der Waals surface area contributed by atoms with Gasteiger partial charge in [-0.05, 0) is 70.1 Å². The van der Waals surface area contributed by atoms with Crippen LogP contribution in [0.2, 0.25) is 0 Å². The van der Waals surface area contributed by atoms with Gasteiger partial charge in [-0.2, -0.15) is 0 Å². The van der Waals surface area contributed by atoms with Gasteiger partial charge in [0, 0.05) is 72.3 Å². The van der Waals surface area contributed by atoms with E-state index in [1.165, 1.54) is 70.6 Å². The Labute approximate surface area is 497 Å². The molecule has 6 N–H and O–H groups in total. The van der Waals surface area contributed by atoms with E-state index in [2.05, 4.69) is 212 Å². The summed E-state index contributed by atoms with van der Waals surface area (Å²) in [5.74, 6) is 2.71. The number of nitrogens with one attached hydrogen (secondary N) is 6. The summed E-state index contributed by atoms with van der Waals surface area (Å²) in [5.41, 5.74) is 9.57. The molecular formula is C72H74N12S. The van der Waals surface area contributed by atoms with Gasteiger partial charge in [-0.1, -0.05) is 248 Å². The topological polar surface area (TPSA) is 157 Å². The minimum absolute atomic E-state index is 0.518. The van der Waals surface area contributed by atoms with Crippen molar-refractivity contribution in [3.05, 3.63) is 212 Å². The number of unbranched alkanes of at least 4 members (excludes halogenated alkanes) is 13. The monoisotopic (exact) mass is 1140 g/mol. The highest BCUT2D eigenvalue weighted by molar-refractivity contribution is 8.68. The highest BCUT2D eigenvalue weighted by Crippen LogP contribution is 2.91. The molecule has 13 heteroatoms. The number of aromatic amines is 2. The van der Waals surface area contributed by atoms with Crippen molar-refractivity contribution in [3.8, 4) is 45.6 Å². The van der Waals surface area contributed by atoms with Gasteiger partial charge in [-0.3, -0.25) is 0 Å². The van der Waals surface area contributed by atoms with Crippen LogP contribution in [0, 0.1) is 0 Å². The zero-order valence-corrected chi connectivity index (χ0v) is 49.2. The third-order valence-corrected chi connectivity index (χ3v) is 22.8. The van der Waals surface area contributed by atoms with E-state index in [-0.39, 0.29) is 0 Å². The van der Waals surface area contributed by atoms with Crippen LogP contribution >= 0.6 is 9.04 Å². The smallest absolute Gasteiger partial charge is 0.164 e. The molecule has 0 saturated heterocycles. The van der Waals surface area contributed by atoms with Crippen molar-refractivity contribution in [2.45, 2.75) is 102 Å². The van der Waals surface area contributed by atoms with Gasteiger partial charge in [0.2, 0.25) is 0 Å². The standard InChI is InChI=1S/C72H74N12S/c1-2-3-4-5-6-7-8-9-10-11-12-13-14-33-51-85(81-52-35-19-15-20-36-52,82-53-37-21-16-22-38-53,83-54-39-23-17-24-40-54,84-55-41-25-18-26-42-55)63-50-34-49-62-64(63)72-79-70-61-48-32-31-47-60(61)68(77-70)75-66-57-44-28-27-43-56(57)65(73-66)74-67-58-45-29-30-46-59(58)69(76-67)78-71(62)80-72/h15-32,34-50,81-84H,2-14,33,51H2,1H3,(H2,73,74,75,76,77,78,79,80). The Kier molecular flexibility index (Phi) is 15.3. The Hall–Kier alpha value is -9.33. The SMILES string of the molecule is CCCCCCCCCCCCCCCCS(Nc1ccccc1)(Nc1ccccc1)(Nc1ccccc1)(Nc1ccccc1)c1cccc2c3nc4nc(nc5[nH]c(nc6nc(nc([nH]3)c12)-c1ccccc1-6)c1ccccc51)-c1ccccc1-4. The molecule has 0 unspecified atom stereocenters. The van der Waals surface area contributed by atoms with Crippen LogP contribution in [0.4, 0.5) is 22.7 Å². The molecule has 2 aliphatic rings. The van der Waals surface area contributed by atoms with E-state index in [0.29, 0.717) is 51.6 Å². The van der Waals surface area contributed by atoms with Crippen molar-refractivity contribution in [2.24, 2.45) is 0 Å². The van der Waals surface area contributed by atoms with Gasteiger partial charge in [-0.15, -0.1) is 0 Å². The molecular weight excluding hydrogens is 1060 g/mol. The van der Waals surface area contributed by atoms with Crippen LogP contribution in [-0.2, 0) is 0 Å². The molecule has 0 aliphatic carbocycles. The van der Waals surface area contributed by atoms with Gasteiger partial charge in [0.1, 0.15) is 22.6 Å². The molecule has 8 aromatic carbocycles. The predicted octanol–water partition coefficient (Wildman–Crippen LogP) is 19.7. The van der Waals surface area contributed by atoms with Crippen molar-refractivity contribution in [1.82, 2.24) is 39.9 Å². The lowest BCUT2D eigenvalue weighted by molar-refractivity contribution is 0.538. The number of H-pyrrole nitrogens is 2. The summed E-state index contributed by atoms with van der Waals surface area (Å²) in [6.07, 6.45) is 17.4. The molecule has 428 valence electrons. The zero-order valence-electron chi connectivity index (χ0n) is 48.4. The number of hydrogen-bond donors (Lipinski definition) is 6. The van der Waals surface area contributed by atoms with E-state index >= 15 is 0 Å². The highest BCUT2D eigenvalue weighted by atomic mass is 32.4. The summed E-state index contributed by atoms with van der Waals surface area (Å²) < 4.78 is 18.1. The van der Waals surface area contributed by atoms with Crippen LogP contribution in [0.1, 0.15) is 96.8 Å². The van der Waals surface area contributed by atoms with Crippen LogP contribution < -0.4 is 18.9 Å². The summed E-state index contributed by atoms with van der Waals surface area (Å²) in [6, 6.07) is 73.7. The van der Waals surface area contributed by atoms with E-state index < -0.39 is 9.04 Å². The van der Waals surface area contributed by atoms with Crippen LogP contribution in [0.5, 0.6) is 0 Å². The maximum absolute atomic E-state index is 5.76. The lowest BCUT2D eigenvalue weighted by Crippen LogP contribution is -2.62. The summed E-state index contributed by atoms with van der Waals surface area (Å²) in [4.78, 5) is 41.0. The average molecular weight is 1140 g/mol. The van der Waals surface area contributed by atoms with Crippen LogP contribution in [0.15, 0.2) is 217 Å². The molecule has 5 heterocycles. The van der Waals surface area contributed by atoms with Crippen molar-refractivity contribution < 1.29 is 0 Å². The van der Waals surface area contributed by atoms with E-state index in [1.807, 2.05) is 36.4 Å². The molecule has 0 fully saturated rings. The van der Waals surface area contributed by atoms with Gasteiger partial charge < -0.3 is 28.9 Å². The minimum Gasteiger partial charge on any atom is -0.324 e. The van der Waals surface area contributed by atoms with Crippen LogP contribution in [0.3, 0.4) is 0 Å². The van der Waals surface area contributed by atoms with Crippen molar-refractivity contribution in [2.75, 3.05) is 24.6 Å². The maximum Gasteiger partial charge on any atom is 0.164 e. The number of benzene rings is 8. The Morgan fingerprint density at radius 3 is 0.988 bits per heavy atom. The van der Waals surface area contributed by atoms with Gasteiger partial charge in [0.15, 0.2) is 23.3 Å².